The normalized spacial score (nSPS) is 18.5. The predicted molar refractivity (Wildman–Crippen MR) is 46.1 cm³/mol. The summed E-state index contributed by atoms with van der Waals surface area (Å²) in [5.41, 5.74) is 0.432. The molecular weight excluding hydrogens is 188 g/mol. The van der Waals surface area contributed by atoms with Crippen molar-refractivity contribution in [2.45, 2.75) is 5.92 Å². The summed E-state index contributed by atoms with van der Waals surface area (Å²) in [4.78, 5) is 5.38. The van der Waals surface area contributed by atoms with Gasteiger partial charge in [-0.15, -0.1) is 0 Å². The van der Waals surface area contributed by atoms with Crippen LogP contribution >= 0.6 is 0 Å². The fraction of sp³-hybridized carbons (Fsp3) is 0.333. The van der Waals surface area contributed by atoms with Gasteiger partial charge in [0, 0.05) is 6.20 Å². The maximum Gasteiger partial charge on any atom is 0.282 e. The fourth-order valence-corrected chi connectivity index (χ4v) is 1.31. The van der Waals surface area contributed by atoms with Crippen molar-refractivity contribution in [3.63, 3.8) is 0 Å². The Kier molecular flexibility index (Phi) is 1.84. The Hall–Kier alpha value is -1.70. The predicted octanol–water partition coefficient (Wildman–Crippen LogP) is 1.41. The van der Waals surface area contributed by atoms with E-state index in [-0.39, 0.29) is 13.1 Å². The first-order valence-corrected chi connectivity index (χ1v) is 4.10. The van der Waals surface area contributed by atoms with Crippen LogP contribution in [0, 0.1) is 11.3 Å². The molecule has 0 bridgehead atoms. The van der Waals surface area contributed by atoms with Crippen LogP contribution in [0.3, 0.4) is 0 Å². The number of aromatic nitrogens is 1. The number of hydrogen-bond acceptors (Lipinski definition) is 3. The summed E-state index contributed by atoms with van der Waals surface area (Å²) in [5.74, 6) is -2.09. The zero-order valence-corrected chi connectivity index (χ0v) is 7.24. The van der Waals surface area contributed by atoms with Gasteiger partial charge < -0.3 is 4.90 Å². The second kappa shape index (κ2) is 2.91. The summed E-state index contributed by atoms with van der Waals surface area (Å²) in [5, 5.41) is 8.50. The van der Waals surface area contributed by atoms with Crippen LogP contribution in [-0.4, -0.2) is 24.0 Å². The Balaban J connectivity index is 2.09. The molecule has 1 aromatic heterocycles. The Labute approximate surface area is 79.6 Å². The molecule has 2 heterocycles. The van der Waals surface area contributed by atoms with E-state index in [0.717, 1.165) is 0 Å². The van der Waals surface area contributed by atoms with Gasteiger partial charge >= 0.3 is 0 Å². The van der Waals surface area contributed by atoms with Gasteiger partial charge in [0.25, 0.3) is 5.92 Å². The second-order valence-electron chi connectivity index (χ2n) is 3.23. The van der Waals surface area contributed by atoms with Crippen LogP contribution in [0.5, 0.6) is 0 Å². The van der Waals surface area contributed by atoms with Crippen molar-refractivity contribution in [2.24, 2.45) is 0 Å². The topological polar surface area (TPSA) is 39.9 Å². The van der Waals surface area contributed by atoms with E-state index in [1.54, 1.807) is 12.1 Å². The lowest BCUT2D eigenvalue weighted by atomic mass is 10.1. The summed E-state index contributed by atoms with van der Waals surface area (Å²) in [7, 11) is 0. The summed E-state index contributed by atoms with van der Waals surface area (Å²) < 4.78 is 25.0. The molecule has 0 saturated carbocycles. The van der Waals surface area contributed by atoms with Crippen molar-refractivity contribution in [3.8, 4) is 6.07 Å². The molecule has 0 aromatic carbocycles. The van der Waals surface area contributed by atoms with Crippen molar-refractivity contribution in [1.29, 1.82) is 5.26 Å². The maximum absolute atomic E-state index is 12.5. The van der Waals surface area contributed by atoms with Gasteiger partial charge in [0.1, 0.15) is 11.9 Å². The third-order valence-corrected chi connectivity index (χ3v) is 2.05. The van der Waals surface area contributed by atoms with Gasteiger partial charge in [-0.25, -0.2) is 13.8 Å². The average molecular weight is 195 g/mol. The van der Waals surface area contributed by atoms with Crippen LogP contribution in [-0.2, 0) is 0 Å². The molecule has 72 valence electrons. The lowest BCUT2D eigenvalue weighted by molar-refractivity contribution is -0.0266. The zero-order chi connectivity index (χ0) is 10.2. The smallest absolute Gasteiger partial charge is 0.282 e. The number of rotatable bonds is 1. The SMILES string of the molecule is N#Cc1ccc(N2CC(F)(F)C2)nc1. The molecule has 0 atom stereocenters. The molecule has 0 unspecified atom stereocenters. The van der Waals surface area contributed by atoms with E-state index in [9.17, 15) is 8.78 Å². The second-order valence-corrected chi connectivity index (χ2v) is 3.23. The lowest BCUT2D eigenvalue weighted by Gasteiger charge is -2.39. The van der Waals surface area contributed by atoms with Crippen LogP contribution in [0.15, 0.2) is 18.3 Å². The fourth-order valence-electron chi connectivity index (χ4n) is 1.31. The van der Waals surface area contributed by atoms with Gasteiger partial charge in [-0.3, -0.25) is 0 Å². The van der Waals surface area contributed by atoms with Gasteiger partial charge in [0.05, 0.1) is 18.7 Å². The van der Waals surface area contributed by atoms with Crippen LogP contribution in [0.1, 0.15) is 5.56 Å². The molecule has 5 heteroatoms. The molecule has 3 nitrogen and oxygen atoms in total. The van der Waals surface area contributed by atoms with Gasteiger partial charge in [-0.2, -0.15) is 5.26 Å². The average Bonchev–Trinajstić information content (AvgIpc) is 2.14. The largest absolute Gasteiger partial charge is 0.344 e. The summed E-state index contributed by atoms with van der Waals surface area (Å²) >= 11 is 0. The summed E-state index contributed by atoms with van der Waals surface area (Å²) in [6, 6.07) is 5.06. The van der Waals surface area contributed by atoms with E-state index in [0.29, 0.717) is 11.4 Å². The molecule has 0 radical (unpaired) electrons. The Morgan fingerprint density at radius 2 is 2.14 bits per heavy atom. The minimum Gasteiger partial charge on any atom is -0.344 e. The number of alkyl halides is 2. The Morgan fingerprint density at radius 1 is 1.43 bits per heavy atom. The third-order valence-electron chi connectivity index (χ3n) is 2.05. The number of nitriles is 1. The quantitative estimate of drug-likeness (QED) is 0.680. The number of nitrogens with zero attached hydrogens (tertiary/aromatic N) is 3. The molecule has 1 aliphatic rings. The first-order chi connectivity index (χ1) is 6.61. The van der Waals surface area contributed by atoms with E-state index >= 15 is 0 Å². The molecule has 14 heavy (non-hydrogen) atoms. The maximum atomic E-state index is 12.5. The van der Waals surface area contributed by atoms with E-state index in [2.05, 4.69) is 4.98 Å². The van der Waals surface area contributed by atoms with E-state index in [1.807, 2.05) is 6.07 Å². The Bertz CT molecular complexity index is 372. The van der Waals surface area contributed by atoms with Crippen LogP contribution in [0.25, 0.3) is 0 Å². The highest BCUT2D eigenvalue weighted by atomic mass is 19.3. The number of anilines is 1. The van der Waals surface area contributed by atoms with Crippen molar-refractivity contribution < 1.29 is 8.78 Å². The molecule has 1 aliphatic heterocycles. The Morgan fingerprint density at radius 3 is 2.57 bits per heavy atom. The van der Waals surface area contributed by atoms with Crippen molar-refractivity contribution >= 4 is 5.82 Å². The summed E-state index contributed by atoms with van der Waals surface area (Å²) in [6.07, 6.45) is 1.38. The van der Waals surface area contributed by atoms with E-state index < -0.39 is 5.92 Å². The highest BCUT2D eigenvalue weighted by Gasteiger charge is 2.44. The standard InChI is InChI=1S/C9H7F2N3/c10-9(11)5-14(6-9)8-2-1-7(3-12)4-13-8/h1-2,4H,5-6H2. The zero-order valence-electron chi connectivity index (χ0n) is 7.24. The highest BCUT2D eigenvalue weighted by Crippen LogP contribution is 2.30. The summed E-state index contributed by atoms with van der Waals surface area (Å²) in [6.45, 7) is -0.572. The molecule has 1 fully saturated rings. The van der Waals surface area contributed by atoms with Gasteiger partial charge in [-0.05, 0) is 12.1 Å². The minimum atomic E-state index is -2.59. The van der Waals surface area contributed by atoms with Gasteiger partial charge in [0.15, 0.2) is 0 Å². The number of halogens is 2. The molecule has 0 N–H and O–H groups in total. The molecule has 2 rings (SSSR count). The third kappa shape index (κ3) is 1.51. The highest BCUT2D eigenvalue weighted by molar-refractivity contribution is 5.45. The van der Waals surface area contributed by atoms with Crippen molar-refractivity contribution in [3.05, 3.63) is 23.9 Å². The molecule has 1 saturated heterocycles. The first kappa shape index (κ1) is 8.88. The van der Waals surface area contributed by atoms with Crippen LogP contribution < -0.4 is 4.90 Å². The minimum absolute atomic E-state index is 0.286. The van der Waals surface area contributed by atoms with Gasteiger partial charge in [0.2, 0.25) is 0 Å². The first-order valence-electron chi connectivity index (χ1n) is 4.10. The molecule has 0 amide bonds. The van der Waals surface area contributed by atoms with E-state index in [4.69, 9.17) is 5.26 Å². The number of pyridine rings is 1. The molecule has 0 spiro atoms. The van der Waals surface area contributed by atoms with Crippen molar-refractivity contribution in [1.82, 2.24) is 4.98 Å². The lowest BCUT2D eigenvalue weighted by Crippen LogP contribution is -2.56. The van der Waals surface area contributed by atoms with Gasteiger partial charge in [-0.1, -0.05) is 0 Å². The van der Waals surface area contributed by atoms with Crippen LogP contribution in [0.4, 0.5) is 14.6 Å². The molecular formula is C9H7F2N3. The number of hydrogen-bond donors (Lipinski definition) is 0. The monoisotopic (exact) mass is 195 g/mol. The van der Waals surface area contributed by atoms with Crippen LogP contribution in [0.2, 0.25) is 0 Å². The molecule has 0 aliphatic carbocycles. The van der Waals surface area contributed by atoms with E-state index in [1.165, 1.54) is 11.1 Å². The molecule has 1 aromatic rings. The van der Waals surface area contributed by atoms with Crippen molar-refractivity contribution in [2.75, 3.05) is 18.0 Å².